The number of aryl methyl sites for hydroxylation is 1. The highest BCUT2D eigenvalue weighted by Crippen LogP contribution is 2.18. The molecule has 0 bridgehead atoms. The minimum absolute atomic E-state index is 0. The zero-order valence-electron chi connectivity index (χ0n) is 15.4. The maximum Gasteiger partial charge on any atom is 0.191 e. The van der Waals surface area contributed by atoms with Crippen LogP contribution in [0, 0.1) is 6.92 Å². The number of guanidine groups is 1. The van der Waals surface area contributed by atoms with Crippen LogP contribution >= 0.6 is 24.0 Å². The molecule has 2 heterocycles. The van der Waals surface area contributed by atoms with Gasteiger partial charge in [0.25, 0.3) is 0 Å². The first-order valence-electron chi connectivity index (χ1n) is 8.69. The molecule has 1 saturated heterocycles. The van der Waals surface area contributed by atoms with E-state index in [2.05, 4.69) is 37.6 Å². The third-order valence-corrected chi connectivity index (χ3v) is 4.73. The molecule has 1 aromatic rings. The van der Waals surface area contributed by atoms with E-state index in [4.69, 9.17) is 0 Å². The zero-order chi connectivity index (χ0) is 16.7. The average Bonchev–Trinajstić information content (AvgIpc) is 2.90. The van der Waals surface area contributed by atoms with Crippen LogP contribution in [0.3, 0.4) is 0 Å². The highest BCUT2D eigenvalue weighted by atomic mass is 127. The van der Waals surface area contributed by atoms with Crippen molar-refractivity contribution in [3.8, 4) is 0 Å². The molecule has 0 aliphatic carbocycles. The number of likely N-dealkylation sites (tertiary alicyclic amines) is 1. The number of aromatic nitrogens is 3. The predicted molar refractivity (Wildman–Crippen MR) is 109 cm³/mol. The summed E-state index contributed by atoms with van der Waals surface area (Å²) in [6.45, 7) is 8.07. The van der Waals surface area contributed by atoms with Gasteiger partial charge in [0.2, 0.25) is 0 Å². The van der Waals surface area contributed by atoms with Crippen LogP contribution in [-0.4, -0.2) is 58.3 Å². The number of hydrogen-bond donors (Lipinski definition) is 2. The van der Waals surface area contributed by atoms with Crippen LogP contribution in [0.1, 0.15) is 44.3 Å². The molecule has 1 aromatic heterocycles. The monoisotopic (exact) mass is 449 g/mol. The van der Waals surface area contributed by atoms with E-state index >= 15 is 0 Å². The summed E-state index contributed by atoms with van der Waals surface area (Å²) in [5.74, 6) is 2.64. The van der Waals surface area contributed by atoms with Crippen LogP contribution in [0.4, 0.5) is 0 Å². The number of halogens is 1. The van der Waals surface area contributed by atoms with E-state index in [1.807, 2.05) is 18.5 Å². The maximum absolute atomic E-state index is 4.28. The number of nitrogens with zero attached hydrogens (tertiary/aromatic N) is 5. The second-order valence-electron chi connectivity index (χ2n) is 6.17. The van der Waals surface area contributed by atoms with Gasteiger partial charge >= 0.3 is 0 Å². The third-order valence-electron chi connectivity index (χ3n) is 4.73. The predicted octanol–water partition coefficient (Wildman–Crippen LogP) is 1.67. The number of piperidine rings is 1. The van der Waals surface area contributed by atoms with E-state index in [1.165, 1.54) is 32.2 Å². The van der Waals surface area contributed by atoms with Crippen molar-refractivity contribution in [2.75, 3.05) is 26.7 Å². The van der Waals surface area contributed by atoms with Gasteiger partial charge in [0.05, 0.1) is 6.54 Å². The molecule has 8 heteroatoms. The van der Waals surface area contributed by atoms with Crippen molar-refractivity contribution in [3.63, 3.8) is 0 Å². The summed E-state index contributed by atoms with van der Waals surface area (Å²) < 4.78 is 1.99. The molecule has 1 unspecified atom stereocenters. The first kappa shape index (κ1) is 21.1. The first-order chi connectivity index (χ1) is 11.2. The van der Waals surface area contributed by atoms with Gasteiger partial charge in [-0.15, -0.1) is 34.2 Å². The van der Waals surface area contributed by atoms with Crippen molar-refractivity contribution in [1.82, 2.24) is 30.3 Å². The largest absolute Gasteiger partial charge is 0.355 e. The Morgan fingerprint density at radius 2 is 2.08 bits per heavy atom. The van der Waals surface area contributed by atoms with E-state index in [1.54, 1.807) is 7.05 Å². The highest BCUT2D eigenvalue weighted by Gasteiger charge is 2.19. The Hall–Kier alpha value is -0.900. The molecule has 1 aliphatic rings. The van der Waals surface area contributed by atoms with Crippen molar-refractivity contribution in [1.29, 1.82) is 0 Å². The lowest BCUT2D eigenvalue weighted by molar-refractivity contribution is 0.147. The van der Waals surface area contributed by atoms with Crippen molar-refractivity contribution >= 4 is 29.9 Å². The van der Waals surface area contributed by atoms with Crippen LogP contribution in [0.15, 0.2) is 4.99 Å². The Balaban J connectivity index is 0.00000288. The average molecular weight is 449 g/mol. The Kier molecular flexibility index (Phi) is 9.57. The number of rotatable bonds is 6. The van der Waals surface area contributed by atoms with Crippen LogP contribution in [0.25, 0.3) is 0 Å². The van der Waals surface area contributed by atoms with Crippen molar-refractivity contribution in [2.45, 2.75) is 52.1 Å². The Morgan fingerprint density at radius 1 is 1.29 bits per heavy atom. The van der Waals surface area contributed by atoms with Gasteiger partial charge < -0.3 is 15.2 Å². The van der Waals surface area contributed by atoms with Gasteiger partial charge in [0, 0.05) is 33.2 Å². The van der Waals surface area contributed by atoms with Crippen LogP contribution < -0.4 is 10.6 Å². The van der Waals surface area contributed by atoms with Gasteiger partial charge in [0.15, 0.2) is 11.8 Å². The molecule has 1 fully saturated rings. The molecule has 7 nitrogen and oxygen atoms in total. The summed E-state index contributed by atoms with van der Waals surface area (Å²) in [6.07, 6.45) is 5.30. The summed E-state index contributed by atoms with van der Waals surface area (Å²) in [7, 11) is 3.77. The molecular formula is C16H32IN7. The molecule has 2 N–H and O–H groups in total. The highest BCUT2D eigenvalue weighted by molar-refractivity contribution is 14.0. The Labute approximate surface area is 162 Å². The molecule has 0 aromatic carbocycles. The van der Waals surface area contributed by atoms with Gasteiger partial charge in [0.1, 0.15) is 5.82 Å². The fraction of sp³-hybridized carbons (Fsp3) is 0.812. The molecule has 1 aliphatic heterocycles. The van der Waals surface area contributed by atoms with Crippen LogP contribution in [0.2, 0.25) is 0 Å². The topological polar surface area (TPSA) is 70.4 Å². The zero-order valence-corrected chi connectivity index (χ0v) is 17.7. The molecule has 0 radical (unpaired) electrons. The minimum Gasteiger partial charge on any atom is -0.355 e. The van der Waals surface area contributed by atoms with Crippen molar-refractivity contribution in [2.24, 2.45) is 12.0 Å². The van der Waals surface area contributed by atoms with E-state index in [-0.39, 0.29) is 24.0 Å². The quantitative estimate of drug-likeness (QED) is 0.393. The lowest BCUT2D eigenvalue weighted by atomic mass is 10.0. The van der Waals surface area contributed by atoms with E-state index in [9.17, 15) is 0 Å². The molecule has 0 saturated carbocycles. The molecule has 1 atom stereocenters. The van der Waals surface area contributed by atoms with E-state index in [0.29, 0.717) is 6.54 Å². The minimum atomic E-state index is 0. The SMILES string of the molecule is CCC1CCCCN1CCNC(=NC)NCc1nnc(C)n1C.I. The lowest BCUT2D eigenvalue weighted by Crippen LogP contribution is -2.45. The molecule has 0 spiro atoms. The second-order valence-corrected chi connectivity index (χ2v) is 6.17. The van der Waals surface area contributed by atoms with Crippen LogP contribution in [0.5, 0.6) is 0 Å². The number of aliphatic imine (C=N–C) groups is 1. The number of hydrogen-bond acceptors (Lipinski definition) is 4. The standard InChI is InChI=1S/C16H31N7.HI/c1-5-14-8-6-7-10-23(14)11-9-18-16(17-3)19-12-15-21-20-13(2)22(15)4;/h14H,5-12H2,1-4H3,(H2,17,18,19);1H. The third kappa shape index (κ3) is 5.87. The fourth-order valence-corrected chi connectivity index (χ4v) is 3.12. The van der Waals surface area contributed by atoms with E-state index < -0.39 is 0 Å². The van der Waals surface area contributed by atoms with Crippen molar-refractivity contribution < 1.29 is 0 Å². The van der Waals surface area contributed by atoms with Gasteiger partial charge in [-0.25, -0.2) is 0 Å². The molecule has 138 valence electrons. The van der Waals surface area contributed by atoms with Gasteiger partial charge in [-0.2, -0.15) is 0 Å². The molecular weight excluding hydrogens is 417 g/mol. The summed E-state index contributed by atoms with van der Waals surface area (Å²) in [4.78, 5) is 6.89. The summed E-state index contributed by atoms with van der Waals surface area (Å²) in [6, 6.07) is 0.752. The van der Waals surface area contributed by atoms with Gasteiger partial charge in [-0.05, 0) is 32.7 Å². The maximum atomic E-state index is 4.28. The van der Waals surface area contributed by atoms with Gasteiger partial charge in [-0.3, -0.25) is 9.89 Å². The van der Waals surface area contributed by atoms with E-state index in [0.717, 1.165) is 36.7 Å². The van der Waals surface area contributed by atoms with Crippen molar-refractivity contribution in [3.05, 3.63) is 11.6 Å². The smallest absolute Gasteiger partial charge is 0.191 e. The summed E-state index contributed by atoms with van der Waals surface area (Å²) in [5.41, 5.74) is 0. The summed E-state index contributed by atoms with van der Waals surface area (Å²) in [5, 5.41) is 14.9. The van der Waals surface area contributed by atoms with Gasteiger partial charge in [-0.1, -0.05) is 13.3 Å². The molecule has 24 heavy (non-hydrogen) atoms. The second kappa shape index (κ2) is 10.9. The Bertz CT molecular complexity index is 515. The first-order valence-corrected chi connectivity index (χ1v) is 8.69. The fourth-order valence-electron chi connectivity index (χ4n) is 3.12. The molecule has 0 amide bonds. The molecule has 2 rings (SSSR count). The summed E-state index contributed by atoms with van der Waals surface area (Å²) >= 11 is 0. The van der Waals surface area contributed by atoms with Crippen LogP contribution in [-0.2, 0) is 13.6 Å². The normalized spacial score (nSPS) is 19.0. The lowest BCUT2D eigenvalue weighted by Gasteiger charge is -2.35. The Morgan fingerprint density at radius 3 is 2.71 bits per heavy atom. The number of nitrogens with one attached hydrogen (secondary N) is 2.